The molecular weight excluding hydrogens is 210 g/mol. The number of primary amides is 1. The second-order valence-electron chi connectivity index (χ2n) is 3.06. The van der Waals surface area contributed by atoms with Crippen LogP contribution >= 0.6 is 0 Å². The third kappa shape index (κ3) is 3.09. The first kappa shape index (κ1) is 12.3. The lowest BCUT2D eigenvalue weighted by Gasteiger charge is -2.11. The lowest BCUT2D eigenvalue weighted by Crippen LogP contribution is -2.28. The quantitative estimate of drug-likeness (QED) is 0.692. The molecule has 1 amide bonds. The Balaban J connectivity index is 2.74. The van der Waals surface area contributed by atoms with E-state index in [0.29, 0.717) is 23.7 Å². The second kappa shape index (κ2) is 5.92. The molecule has 0 radical (unpaired) electrons. The van der Waals surface area contributed by atoms with E-state index in [1.54, 1.807) is 19.4 Å². The fraction of sp³-hybridized carbons (Fsp3) is 0.400. The van der Waals surface area contributed by atoms with Crippen LogP contribution in [0, 0.1) is 0 Å². The van der Waals surface area contributed by atoms with Gasteiger partial charge >= 0.3 is 0 Å². The maximum atomic E-state index is 10.6. The number of aromatic nitrogens is 1. The van der Waals surface area contributed by atoms with E-state index in [0.717, 1.165) is 0 Å². The zero-order chi connectivity index (χ0) is 12.0. The fourth-order valence-corrected chi connectivity index (χ4v) is 1.28. The highest BCUT2D eigenvalue weighted by Gasteiger charge is 2.10. The fourth-order valence-electron chi connectivity index (χ4n) is 1.28. The van der Waals surface area contributed by atoms with Crippen molar-refractivity contribution < 1.29 is 14.3 Å². The first-order valence-corrected chi connectivity index (χ1v) is 4.74. The van der Waals surface area contributed by atoms with Crippen LogP contribution < -0.4 is 20.5 Å². The standard InChI is InChI=1S/C10H15N3O3/c1-15-8-3-4-13-7(10(8)16-2)5-12-6-9(11)14/h3-4,12H,5-6H2,1-2H3,(H2,11,14). The van der Waals surface area contributed by atoms with Gasteiger partial charge in [-0.3, -0.25) is 9.78 Å². The molecule has 16 heavy (non-hydrogen) atoms. The number of methoxy groups -OCH3 is 2. The number of carbonyl (C=O) groups excluding carboxylic acids is 1. The average Bonchev–Trinajstić information content (AvgIpc) is 2.28. The van der Waals surface area contributed by atoms with Crippen molar-refractivity contribution >= 4 is 5.91 Å². The monoisotopic (exact) mass is 225 g/mol. The highest BCUT2D eigenvalue weighted by atomic mass is 16.5. The van der Waals surface area contributed by atoms with Gasteiger partial charge in [-0.25, -0.2) is 0 Å². The van der Waals surface area contributed by atoms with Gasteiger partial charge in [0.25, 0.3) is 0 Å². The van der Waals surface area contributed by atoms with Gasteiger partial charge in [-0.2, -0.15) is 0 Å². The molecule has 0 aromatic carbocycles. The maximum absolute atomic E-state index is 10.6. The molecule has 0 bridgehead atoms. The summed E-state index contributed by atoms with van der Waals surface area (Å²) in [6.07, 6.45) is 1.61. The molecule has 1 aromatic rings. The zero-order valence-electron chi connectivity index (χ0n) is 9.32. The largest absolute Gasteiger partial charge is 0.493 e. The first-order chi connectivity index (χ1) is 7.69. The molecule has 1 aromatic heterocycles. The molecule has 1 rings (SSSR count). The van der Waals surface area contributed by atoms with Crippen LogP contribution in [0.3, 0.4) is 0 Å². The molecule has 0 aliphatic heterocycles. The van der Waals surface area contributed by atoms with E-state index in [-0.39, 0.29) is 6.54 Å². The lowest BCUT2D eigenvalue weighted by atomic mass is 10.3. The van der Waals surface area contributed by atoms with Gasteiger partial charge in [0.2, 0.25) is 5.91 Å². The zero-order valence-corrected chi connectivity index (χ0v) is 9.32. The Bertz CT molecular complexity index is 368. The average molecular weight is 225 g/mol. The molecule has 0 unspecified atom stereocenters. The number of nitrogens with zero attached hydrogens (tertiary/aromatic N) is 1. The Morgan fingerprint density at radius 3 is 2.81 bits per heavy atom. The molecule has 6 heteroatoms. The molecule has 0 aliphatic carbocycles. The predicted molar refractivity (Wildman–Crippen MR) is 58.2 cm³/mol. The van der Waals surface area contributed by atoms with Crippen LogP contribution in [0.2, 0.25) is 0 Å². The van der Waals surface area contributed by atoms with Crippen LogP contribution in [0.1, 0.15) is 5.69 Å². The number of nitrogens with one attached hydrogen (secondary N) is 1. The number of rotatable bonds is 6. The van der Waals surface area contributed by atoms with Gasteiger partial charge < -0.3 is 20.5 Å². The number of pyridine rings is 1. The van der Waals surface area contributed by atoms with Crippen LogP contribution in [0.5, 0.6) is 11.5 Å². The number of ether oxygens (including phenoxy) is 2. The van der Waals surface area contributed by atoms with Gasteiger partial charge in [-0.15, -0.1) is 0 Å². The Labute approximate surface area is 93.8 Å². The number of nitrogens with two attached hydrogens (primary N) is 1. The molecule has 6 nitrogen and oxygen atoms in total. The summed E-state index contributed by atoms with van der Waals surface area (Å²) in [7, 11) is 3.09. The Kier molecular flexibility index (Phi) is 4.53. The molecule has 1 heterocycles. The highest BCUT2D eigenvalue weighted by Crippen LogP contribution is 2.28. The minimum atomic E-state index is -0.415. The lowest BCUT2D eigenvalue weighted by molar-refractivity contribution is -0.117. The summed E-state index contributed by atoms with van der Waals surface area (Å²) in [5.41, 5.74) is 5.67. The van der Waals surface area contributed by atoms with E-state index < -0.39 is 5.91 Å². The van der Waals surface area contributed by atoms with Gasteiger partial charge in [0.05, 0.1) is 26.5 Å². The second-order valence-corrected chi connectivity index (χ2v) is 3.06. The van der Waals surface area contributed by atoms with E-state index in [1.165, 1.54) is 7.11 Å². The van der Waals surface area contributed by atoms with Crippen molar-refractivity contribution in [2.75, 3.05) is 20.8 Å². The summed E-state index contributed by atoms with van der Waals surface area (Å²) in [5, 5.41) is 2.85. The van der Waals surface area contributed by atoms with E-state index in [2.05, 4.69) is 10.3 Å². The molecule has 0 saturated heterocycles. The minimum Gasteiger partial charge on any atom is -0.493 e. The van der Waals surface area contributed by atoms with E-state index in [4.69, 9.17) is 15.2 Å². The van der Waals surface area contributed by atoms with E-state index in [1.807, 2.05) is 0 Å². The number of carbonyl (C=O) groups is 1. The van der Waals surface area contributed by atoms with Crippen molar-refractivity contribution in [2.24, 2.45) is 5.73 Å². The minimum absolute atomic E-state index is 0.0993. The van der Waals surface area contributed by atoms with Crippen LogP contribution in [0.15, 0.2) is 12.3 Å². The summed E-state index contributed by atoms with van der Waals surface area (Å²) >= 11 is 0. The van der Waals surface area contributed by atoms with E-state index in [9.17, 15) is 4.79 Å². The molecular formula is C10H15N3O3. The molecule has 0 saturated carbocycles. The van der Waals surface area contributed by atoms with Crippen molar-refractivity contribution in [2.45, 2.75) is 6.54 Å². The summed E-state index contributed by atoms with van der Waals surface area (Å²) in [5.74, 6) is 0.747. The molecule has 0 aliphatic rings. The molecule has 0 fully saturated rings. The summed E-state index contributed by atoms with van der Waals surface area (Å²) in [6, 6.07) is 1.70. The van der Waals surface area contributed by atoms with Crippen molar-refractivity contribution in [1.82, 2.24) is 10.3 Å². The maximum Gasteiger partial charge on any atom is 0.231 e. The number of amides is 1. The normalized spacial score (nSPS) is 9.88. The van der Waals surface area contributed by atoms with Crippen molar-refractivity contribution in [3.05, 3.63) is 18.0 Å². The smallest absolute Gasteiger partial charge is 0.231 e. The van der Waals surface area contributed by atoms with Crippen LogP contribution in [0.4, 0.5) is 0 Å². The summed E-state index contributed by atoms with van der Waals surface area (Å²) in [6.45, 7) is 0.491. The first-order valence-electron chi connectivity index (χ1n) is 4.74. The van der Waals surface area contributed by atoms with Crippen LogP contribution in [0.25, 0.3) is 0 Å². The number of hydrogen-bond donors (Lipinski definition) is 2. The van der Waals surface area contributed by atoms with Crippen molar-refractivity contribution in [1.29, 1.82) is 0 Å². The topological polar surface area (TPSA) is 86.5 Å². The molecule has 3 N–H and O–H groups in total. The number of hydrogen-bond acceptors (Lipinski definition) is 5. The Morgan fingerprint density at radius 1 is 1.50 bits per heavy atom. The Hall–Kier alpha value is -1.82. The Morgan fingerprint density at radius 2 is 2.25 bits per heavy atom. The van der Waals surface area contributed by atoms with Gasteiger partial charge in [-0.05, 0) is 0 Å². The molecule has 88 valence electrons. The predicted octanol–water partition coefficient (Wildman–Crippen LogP) is -0.326. The van der Waals surface area contributed by atoms with Gasteiger partial charge in [0, 0.05) is 18.8 Å². The summed E-state index contributed by atoms with van der Waals surface area (Å²) in [4.78, 5) is 14.7. The SMILES string of the molecule is COc1ccnc(CNCC(N)=O)c1OC. The third-order valence-corrected chi connectivity index (χ3v) is 1.96. The van der Waals surface area contributed by atoms with E-state index >= 15 is 0 Å². The van der Waals surface area contributed by atoms with Gasteiger partial charge in [0.1, 0.15) is 0 Å². The van der Waals surface area contributed by atoms with Crippen LogP contribution in [-0.4, -0.2) is 31.7 Å². The third-order valence-electron chi connectivity index (χ3n) is 1.96. The van der Waals surface area contributed by atoms with Crippen LogP contribution in [-0.2, 0) is 11.3 Å². The van der Waals surface area contributed by atoms with Gasteiger partial charge in [0.15, 0.2) is 11.5 Å². The summed E-state index contributed by atoms with van der Waals surface area (Å²) < 4.78 is 10.3. The van der Waals surface area contributed by atoms with Gasteiger partial charge in [-0.1, -0.05) is 0 Å². The molecule has 0 spiro atoms. The van der Waals surface area contributed by atoms with Crippen molar-refractivity contribution in [3.8, 4) is 11.5 Å². The van der Waals surface area contributed by atoms with Crippen molar-refractivity contribution in [3.63, 3.8) is 0 Å². The molecule has 0 atom stereocenters. The highest BCUT2D eigenvalue weighted by molar-refractivity contribution is 5.75.